The monoisotopic (exact) mass is 356 g/mol. The van der Waals surface area contributed by atoms with Crippen molar-refractivity contribution < 1.29 is 37.1 Å². The summed E-state index contributed by atoms with van der Waals surface area (Å²) in [6, 6.07) is 6.09. The average molecular weight is 356 g/mol. The molecule has 1 aromatic heterocycles. The highest BCUT2D eigenvalue weighted by Gasteiger charge is 2.22. The predicted molar refractivity (Wildman–Crippen MR) is 84.3 cm³/mol. The summed E-state index contributed by atoms with van der Waals surface area (Å²) in [6.07, 6.45) is -0.0710. The van der Waals surface area contributed by atoms with Crippen LogP contribution >= 0.6 is 7.60 Å². The van der Waals surface area contributed by atoms with E-state index in [2.05, 4.69) is 4.74 Å². The molecule has 0 aliphatic rings. The fraction of sp³-hybridized carbons (Fsp3) is 0.333. The van der Waals surface area contributed by atoms with Crippen LogP contribution in [0.3, 0.4) is 0 Å². The highest BCUT2D eigenvalue weighted by Crippen LogP contribution is 2.45. The number of ether oxygens (including phenoxy) is 2. The van der Waals surface area contributed by atoms with Gasteiger partial charge in [0, 0.05) is 19.6 Å². The Morgan fingerprint density at radius 2 is 1.79 bits per heavy atom. The van der Waals surface area contributed by atoms with Gasteiger partial charge in [0.25, 0.3) is 0 Å². The summed E-state index contributed by atoms with van der Waals surface area (Å²) in [6.45, 7) is -0.151. The highest BCUT2D eigenvalue weighted by atomic mass is 31.2. The number of hydrogen-bond donors (Lipinski definition) is 0. The number of furan rings is 1. The number of esters is 2. The fourth-order valence-electron chi connectivity index (χ4n) is 1.97. The molecular weight excluding hydrogens is 339 g/mol. The van der Waals surface area contributed by atoms with Crippen molar-refractivity contribution in [1.29, 1.82) is 0 Å². The van der Waals surface area contributed by atoms with Crippen molar-refractivity contribution in [2.75, 3.05) is 34.1 Å². The molecule has 2 aromatic rings. The summed E-state index contributed by atoms with van der Waals surface area (Å²) in [5.41, 5.74) is 0.765. The molecule has 0 fully saturated rings. The van der Waals surface area contributed by atoms with Gasteiger partial charge in [0.2, 0.25) is 5.76 Å². The van der Waals surface area contributed by atoms with E-state index in [0.29, 0.717) is 16.5 Å². The quantitative estimate of drug-likeness (QED) is 0.551. The van der Waals surface area contributed by atoms with Gasteiger partial charge in [-0.3, -0.25) is 4.57 Å². The van der Waals surface area contributed by atoms with E-state index in [1.165, 1.54) is 33.5 Å². The first kappa shape index (κ1) is 18.2. The maximum absolute atomic E-state index is 12.0. The van der Waals surface area contributed by atoms with Crippen LogP contribution in [0.2, 0.25) is 0 Å². The van der Waals surface area contributed by atoms with Gasteiger partial charge in [-0.2, -0.15) is 0 Å². The van der Waals surface area contributed by atoms with Crippen molar-refractivity contribution in [2.45, 2.75) is 0 Å². The van der Waals surface area contributed by atoms with Crippen molar-refractivity contribution in [3.63, 3.8) is 0 Å². The molecule has 8 nitrogen and oxygen atoms in total. The van der Waals surface area contributed by atoms with E-state index in [-0.39, 0.29) is 18.5 Å². The Bertz CT molecular complexity index is 786. The number of fused-ring (bicyclic) bond motifs is 1. The van der Waals surface area contributed by atoms with Crippen LogP contribution in [0.25, 0.3) is 11.0 Å². The summed E-state index contributed by atoms with van der Waals surface area (Å²) in [4.78, 5) is 23.5. The van der Waals surface area contributed by atoms with Crippen LogP contribution in [0.15, 0.2) is 28.7 Å². The van der Waals surface area contributed by atoms with E-state index in [0.717, 1.165) is 0 Å². The summed E-state index contributed by atoms with van der Waals surface area (Å²) in [7, 11) is 0.552. The topological polar surface area (TPSA) is 101 Å². The lowest BCUT2D eigenvalue weighted by Crippen LogP contribution is -2.09. The molecule has 1 heterocycles. The molecular formula is C15H17O8P. The molecule has 0 bridgehead atoms. The Morgan fingerprint density at radius 1 is 1.08 bits per heavy atom. The Balaban J connectivity index is 2.07. The number of rotatable bonds is 7. The number of methoxy groups -OCH3 is 1. The third-order valence-corrected chi connectivity index (χ3v) is 5.14. The first-order valence-electron chi connectivity index (χ1n) is 6.92. The molecule has 0 amide bonds. The lowest BCUT2D eigenvalue weighted by Gasteiger charge is -2.12. The molecule has 24 heavy (non-hydrogen) atoms. The van der Waals surface area contributed by atoms with Crippen molar-refractivity contribution in [2.24, 2.45) is 0 Å². The third kappa shape index (κ3) is 4.03. The standard InChI is InChI=1S/C15H17O8P/c1-19-14(16)10-4-5-12-11(8-10)9-13(23-12)15(17)22-6-7-24(18,20-2)21-3/h4-5,8-9H,6-7H2,1-3H3. The SMILES string of the molecule is COC(=O)c1ccc2oc(C(=O)OCCP(=O)(OC)OC)cc2c1. The third-order valence-electron chi connectivity index (χ3n) is 3.29. The highest BCUT2D eigenvalue weighted by molar-refractivity contribution is 7.53. The van der Waals surface area contributed by atoms with Crippen LogP contribution in [0.1, 0.15) is 20.9 Å². The first-order valence-corrected chi connectivity index (χ1v) is 8.65. The maximum Gasteiger partial charge on any atom is 0.374 e. The molecule has 9 heteroatoms. The Labute approximate surface area is 138 Å². The minimum Gasteiger partial charge on any atom is -0.465 e. The number of carbonyl (C=O) groups is 2. The number of benzene rings is 1. The Kier molecular flexibility index (Phi) is 5.77. The predicted octanol–water partition coefficient (Wildman–Crippen LogP) is 2.86. The van der Waals surface area contributed by atoms with Gasteiger partial charge < -0.3 is 22.9 Å². The molecule has 0 unspecified atom stereocenters. The van der Waals surface area contributed by atoms with Gasteiger partial charge in [0.15, 0.2) is 0 Å². The zero-order chi connectivity index (χ0) is 17.7. The van der Waals surface area contributed by atoms with Crippen LogP contribution in [0, 0.1) is 0 Å². The van der Waals surface area contributed by atoms with E-state index in [9.17, 15) is 14.2 Å². The summed E-state index contributed by atoms with van der Waals surface area (Å²) >= 11 is 0. The van der Waals surface area contributed by atoms with Crippen LogP contribution in [0.5, 0.6) is 0 Å². The summed E-state index contributed by atoms with van der Waals surface area (Å²) in [5.74, 6) is -1.24. The van der Waals surface area contributed by atoms with Gasteiger partial charge in [0.1, 0.15) is 12.2 Å². The molecule has 1 aromatic carbocycles. The molecule has 0 aliphatic carbocycles. The summed E-state index contributed by atoms with van der Waals surface area (Å²) in [5, 5.41) is 0.560. The zero-order valence-electron chi connectivity index (χ0n) is 13.4. The van der Waals surface area contributed by atoms with Crippen molar-refractivity contribution >= 4 is 30.5 Å². The van der Waals surface area contributed by atoms with Gasteiger partial charge in [-0.05, 0) is 24.3 Å². The molecule has 0 saturated heterocycles. The second-order valence-corrected chi connectivity index (χ2v) is 7.09. The van der Waals surface area contributed by atoms with E-state index in [1.54, 1.807) is 12.1 Å². The molecule has 130 valence electrons. The molecule has 0 saturated carbocycles. The Morgan fingerprint density at radius 3 is 2.42 bits per heavy atom. The molecule has 0 radical (unpaired) electrons. The van der Waals surface area contributed by atoms with E-state index in [1.807, 2.05) is 0 Å². The van der Waals surface area contributed by atoms with Crippen molar-refractivity contribution in [1.82, 2.24) is 0 Å². The van der Waals surface area contributed by atoms with Gasteiger partial charge in [-0.1, -0.05) is 0 Å². The van der Waals surface area contributed by atoms with Crippen molar-refractivity contribution in [3.8, 4) is 0 Å². The van der Waals surface area contributed by atoms with E-state index < -0.39 is 19.5 Å². The molecule has 0 atom stereocenters. The molecule has 0 N–H and O–H groups in total. The molecule has 0 spiro atoms. The van der Waals surface area contributed by atoms with Crippen LogP contribution in [0.4, 0.5) is 0 Å². The van der Waals surface area contributed by atoms with Crippen LogP contribution in [-0.2, 0) is 23.1 Å². The van der Waals surface area contributed by atoms with Crippen LogP contribution < -0.4 is 0 Å². The largest absolute Gasteiger partial charge is 0.465 e. The number of hydrogen-bond acceptors (Lipinski definition) is 8. The molecule has 2 rings (SSSR count). The van der Waals surface area contributed by atoms with E-state index in [4.69, 9.17) is 18.2 Å². The van der Waals surface area contributed by atoms with Crippen LogP contribution in [-0.4, -0.2) is 46.0 Å². The van der Waals surface area contributed by atoms with Crippen molar-refractivity contribution in [3.05, 3.63) is 35.6 Å². The Hall–Kier alpha value is -2.15. The van der Waals surface area contributed by atoms with Gasteiger partial charge >= 0.3 is 19.5 Å². The number of carbonyl (C=O) groups excluding carboxylic acids is 2. The first-order chi connectivity index (χ1) is 11.4. The average Bonchev–Trinajstić information content (AvgIpc) is 3.04. The van der Waals surface area contributed by atoms with Gasteiger partial charge in [-0.25, -0.2) is 9.59 Å². The zero-order valence-corrected chi connectivity index (χ0v) is 14.3. The second-order valence-electron chi connectivity index (χ2n) is 4.69. The summed E-state index contributed by atoms with van der Waals surface area (Å²) < 4.78 is 36.3. The smallest absolute Gasteiger partial charge is 0.374 e. The van der Waals surface area contributed by atoms with E-state index >= 15 is 0 Å². The maximum atomic E-state index is 12.0. The lowest BCUT2D eigenvalue weighted by molar-refractivity contribution is 0.0489. The van der Waals surface area contributed by atoms with Gasteiger partial charge in [0.05, 0.1) is 18.8 Å². The minimum absolute atomic E-state index is 0.0309. The lowest BCUT2D eigenvalue weighted by atomic mass is 10.1. The fourth-order valence-corrected chi connectivity index (χ4v) is 2.80. The van der Waals surface area contributed by atoms with Gasteiger partial charge in [-0.15, -0.1) is 0 Å². The minimum atomic E-state index is -3.24. The second kappa shape index (κ2) is 7.61. The normalized spacial score (nSPS) is 11.5. The molecule has 0 aliphatic heterocycles.